The summed E-state index contributed by atoms with van der Waals surface area (Å²) in [5.74, 6) is 0.839. The van der Waals surface area contributed by atoms with Gasteiger partial charge in [0.15, 0.2) is 0 Å². The van der Waals surface area contributed by atoms with Crippen molar-refractivity contribution in [2.24, 2.45) is 17.3 Å². The average Bonchev–Trinajstić information content (AvgIpc) is 2.87. The van der Waals surface area contributed by atoms with Crippen LogP contribution in [0.15, 0.2) is 24.3 Å². The minimum Gasteiger partial charge on any atom is -0.340 e. The number of piperidine rings is 1. The lowest BCUT2D eigenvalue weighted by atomic mass is 10.0. The minimum atomic E-state index is 0.0918. The molecule has 1 amide bonds. The number of allylic oxidation sites excluding steroid dienone is 2. The number of likely N-dealkylation sites (tertiary alicyclic amines) is 1. The fourth-order valence-electron chi connectivity index (χ4n) is 3.79. The Morgan fingerprint density at radius 3 is 2.77 bits per heavy atom. The molecule has 3 unspecified atom stereocenters. The number of carbonyl (C=O) groups is 1. The van der Waals surface area contributed by atoms with Crippen LogP contribution in [0.3, 0.4) is 0 Å². The van der Waals surface area contributed by atoms with E-state index in [0.29, 0.717) is 11.8 Å². The molecule has 120 valence electrons. The Hall–Kier alpha value is -1.65. The zero-order valence-electron chi connectivity index (χ0n) is 14.0. The number of hydrogen-bond acceptors (Lipinski definition) is 3. The Morgan fingerprint density at radius 2 is 2.14 bits per heavy atom. The van der Waals surface area contributed by atoms with Crippen molar-refractivity contribution in [1.82, 2.24) is 19.7 Å². The van der Waals surface area contributed by atoms with E-state index >= 15 is 0 Å². The van der Waals surface area contributed by atoms with Gasteiger partial charge < -0.3 is 4.90 Å². The van der Waals surface area contributed by atoms with Gasteiger partial charge in [0.25, 0.3) is 0 Å². The van der Waals surface area contributed by atoms with Gasteiger partial charge in [-0.15, -0.1) is 0 Å². The maximum Gasteiger partial charge on any atom is 0.226 e. The normalized spacial score (nSPS) is 30.0. The summed E-state index contributed by atoms with van der Waals surface area (Å²) in [5, 5.41) is 4.24. The van der Waals surface area contributed by atoms with Gasteiger partial charge in [0.05, 0.1) is 12.0 Å². The third kappa shape index (κ3) is 2.69. The molecule has 0 bridgehead atoms. The van der Waals surface area contributed by atoms with Crippen molar-refractivity contribution in [2.75, 3.05) is 13.1 Å². The Morgan fingerprint density at radius 1 is 1.36 bits per heavy atom. The molecule has 1 aliphatic heterocycles. The molecule has 1 aromatic heterocycles. The monoisotopic (exact) mass is 302 g/mol. The average molecular weight is 302 g/mol. The summed E-state index contributed by atoms with van der Waals surface area (Å²) in [6, 6.07) is 0.268. The second-order valence-corrected chi connectivity index (χ2v) is 7.52. The molecule has 3 rings (SSSR count). The molecule has 2 aliphatic rings. The van der Waals surface area contributed by atoms with Crippen LogP contribution < -0.4 is 0 Å². The van der Waals surface area contributed by atoms with Crippen molar-refractivity contribution in [3.8, 4) is 0 Å². The van der Waals surface area contributed by atoms with Crippen molar-refractivity contribution in [1.29, 1.82) is 0 Å². The SMILES string of the molecule is CC(C)=CC1C(C(=O)N2CCCC(n3cncn3)C2)C1(C)C. The fraction of sp³-hybridized carbons (Fsp3) is 0.706. The third-order valence-electron chi connectivity index (χ3n) is 5.21. The molecule has 3 atom stereocenters. The van der Waals surface area contributed by atoms with Crippen LogP contribution in [-0.4, -0.2) is 38.7 Å². The lowest BCUT2D eigenvalue weighted by molar-refractivity contribution is -0.135. The summed E-state index contributed by atoms with van der Waals surface area (Å²) < 4.78 is 1.89. The highest BCUT2D eigenvalue weighted by Crippen LogP contribution is 2.60. The topological polar surface area (TPSA) is 51.0 Å². The highest BCUT2D eigenvalue weighted by Gasteiger charge is 2.61. The molecule has 5 nitrogen and oxygen atoms in total. The molecule has 1 aromatic rings. The van der Waals surface area contributed by atoms with Gasteiger partial charge >= 0.3 is 0 Å². The highest BCUT2D eigenvalue weighted by molar-refractivity contribution is 5.84. The van der Waals surface area contributed by atoms with Crippen LogP contribution in [0, 0.1) is 17.3 Å². The molecule has 1 aliphatic carbocycles. The van der Waals surface area contributed by atoms with Crippen LogP contribution in [0.1, 0.15) is 46.6 Å². The predicted molar refractivity (Wildman–Crippen MR) is 85.1 cm³/mol. The number of aromatic nitrogens is 3. The summed E-state index contributed by atoms with van der Waals surface area (Å²) in [7, 11) is 0. The van der Waals surface area contributed by atoms with E-state index in [9.17, 15) is 4.79 Å². The van der Waals surface area contributed by atoms with Crippen LogP contribution >= 0.6 is 0 Å². The molecular formula is C17H26N4O. The maximum absolute atomic E-state index is 12.9. The Balaban J connectivity index is 1.69. The lowest BCUT2D eigenvalue weighted by Gasteiger charge is -2.33. The molecule has 0 aromatic carbocycles. The van der Waals surface area contributed by atoms with Crippen molar-refractivity contribution < 1.29 is 4.79 Å². The molecular weight excluding hydrogens is 276 g/mol. The second kappa shape index (κ2) is 5.52. The zero-order valence-corrected chi connectivity index (χ0v) is 14.0. The van der Waals surface area contributed by atoms with Gasteiger partial charge in [-0.3, -0.25) is 4.79 Å². The molecule has 1 saturated heterocycles. The zero-order chi connectivity index (χ0) is 15.9. The molecule has 5 heteroatoms. The van der Waals surface area contributed by atoms with Gasteiger partial charge in [0, 0.05) is 13.1 Å². The van der Waals surface area contributed by atoms with Crippen LogP contribution in [0.5, 0.6) is 0 Å². The van der Waals surface area contributed by atoms with Gasteiger partial charge in [-0.05, 0) is 38.0 Å². The van der Waals surface area contributed by atoms with E-state index < -0.39 is 0 Å². The van der Waals surface area contributed by atoms with E-state index in [-0.39, 0.29) is 17.4 Å². The Labute approximate surface area is 132 Å². The lowest BCUT2D eigenvalue weighted by Crippen LogP contribution is -2.42. The Kier molecular flexibility index (Phi) is 3.83. The van der Waals surface area contributed by atoms with Gasteiger partial charge in [-0.1, -0.05) is 25.5 Å². The van der Waals surface area contributed by atoms with Crippen molar-refractivity contribution in [3.63, 3.8) is 0 Å². The first-order valence-electron chi connectivity index (χ1n) is 8.19. The third-order valence-corrected chi connectivity index (χ3v) is 5.21. The van der Waals surface area contributed by atoms with Crippen LogP contribution in [0.4, 0.5) is 0 Å². The summed E-state index contributed by atoms with van der Waals surface area (Å²) in [6.45, 7) is 10.3. The molecule has 0 radical (unpaired) electrons. The summed E-state index contributed by atoms with van der Waals surface area (Å²) >= 11 is 0. The fourth-order valence-corrected chi connectivity index (χ4v) is 3.79. The molecule has 22 heavy (non-hydrogen) atoms. The van der Waals surface area contributed by atoms with E-state index in [0.717, 1.165) is 25.9 Å². The number of nitrogens with zero attached hydrogens (tertiary/aromatic N) is 4. The van der Waals surface area contributed by atoms with E-state index in [4.69, 9.17) is 0 Å². The summed E-state index contributed by atoms with van der Waals surface area (Å²) in [5.41, 5.74) is 1.39. The van der Waals surface area contributed by atoms with Gasteiger partial charge in [-0.25, -0.2) is 9.67 Å². The smallest absolute Gasteiger partial charge is 0.226 e. The molecule has 2 fully saturated rings. The van der Waals surface area contributed by atoms with Crippen LogP contribution in [0.2, 0.25) is 0 Å². The van der Waals surface area contributed by atoms with Crippen molar-refractivity contribution in [2.45, 2.75) is 46.6 Å². The highest BCUT2D eigenvalue weighted by atomic mass is 16.2. The number of hydrogen-bond donors (Lipinski definition) is 0. The molecule has 1 saturated carbocycles. The van der Waals surface area contributed by atoms with Gasteiger partial charge in [-0.2, -0.15) is 5.10 Å². The minimum absolute atomic E-state index is 0.0918. The largest absolute Gasteiger partial charge is 0.340 e. The van der Waals surface area contributed by atoms with E-state index in [1.807, 2.05) is 9.58 Å². The Bertz CT molecular complexity index is 571. The number of amides is 1. The van der Waals surface area contributed by atoms with Gasteiger partial charge in [0.2, 0.25) is 5.91 Å². The number of carbonyl (C=O) groups excluding carboxylic acids is 1. The maximum atomic E-state index is 12.9. The van der Waals surface area contributed by atoms with Gasteiger partial charge in [0.1, 0.15) is 12.7 Å². The summed E-state index contributed by atoms with van der Waals surface area (Å²) in [4.78, 5) is 19.0. The van der Waals surface area contributed by atoms with Crippen LogP contribution in [0.25, 0.3) is 0 Å². The summed E-state index contributed by atoms with van der Waals surface area (Å²) in [6.07, 6.45) is 7.69. The first kappa shape index (κ1) is 15.3. The number of rotatable bonds is 3. The second-order valence-electron chi connectivity index (χ2n) is 7.52. The van der Waals surface area contributed by atoms with E-state index in [2.05, 4.69) is 43.9 Å². The van der Waals surface area contributed by atoms with E-state index in [1.165, 1.54) is 5.57 Å². The molecule has 0 spiro atoms. The molecule has 2 heterocycles. The predicted octanol–water partition coefficient (Wildman–Crippen LogP) is 2.68. The van der Waals surface area contributed by atoms with Crippen LogP contribution in [-0.2, 0) is 4.79 Å². The quantitative estimate of drug-likeness (QED) is 0.807. The standard InChI is InChI=1S/C17H26N4O/c1-12(2)8-14-15(17(14,3)4)16(22)20-7-5-6-13(9-20)21-11-18-10-19-21/h8,10-11,13-15H,5-7,9H2,1-4H3. The van der Waals surface area contributed by atoms with Crippen molar-refractivity contribution in [3.05, 3.63) is 24.3 Å². The first-order chi connectivity index (χ1) is 10.4. The van der Waals surface area contributed by atoms with Crippen molar-refractivity contribution >= 4 is 5.91 Å². The van der Waals surface area contributed by atoms with E-state index in [1.54, 1.807) is 12.7 Å². The molecule has 0 N–H and O–H groups in total. The first-order valence-corrected chi connectivity index (χ1v) is 8.19.